The van der Waals surface area contributed by atoms with Crippen LogP contribution in [0.3, 0.4) is 0 Å². The molecule has 1 N–H and O–H groups in total. The fourth-order valence-electron chi connectivity index (χ4n) is 1.85. The molecule has 0 radical (unpaired) electrons. The van der Waals surface area contributed by atoms with E-state index < -0.39 is 0 Å². The Morgan fingerprint density at radius 3 is 1.80 bits per heavy atom. The zero-order valence-corrected chi connectivity index (χ0v) is 12.0. The molecule has 0 saturated carbocycles. The van der Waals surface area contributed by atoms with Crippen molar-refractivity contribution in [3.63, 3.8) is 0 Å². The molecule has 0 aliphatic heterocycles. The molecule has 2 aliphatic carbocycles. The maximum absolute atomic E-state index is 9.13. The van der Waals surface area contributed by atoms with Crippen LogP contribution < -0.4 is 0 Å². The van der Waals surface area contributed by atoms with Gasteiger partial charge in [-0.25, -0.2) is 0 Å². The van der Waals surface area contributed by atoms with Gasteiger partial charge in [0.1, 0.15) is 5.75 Å². The van der Waals surface area contributed by atoms with E-state index in [-0.39, 0.29) is 0 Å². The summed E-state index contributed by atoms with van der Waals surface area (Å²) in [4.78, 5) is 0. The molecule has 0 bridgehead atoms. The maximum atomic E-state index is 9.13. The van der Waals surface area contributed by atoms with E-state index in [0.29, 0.717) is 5.75 Å². The second-order valence-electron chi connectivity index (χ2n) is 4.82. The van der Waals surface area contributed by atoms with Crippen LogP contribution in [-0.2, 0) is 0 Å². The Hall–Kier alpha value is -2.28. The van der Waals surface area contributed by atoms with Crippen molar-refractivity contribution >= 4 is 10.8 Å². The van der Waals surface area contributed by atoms with Gasteiger partial charge in [-0.3, -0.25) is 0 Å². The Balaban J connectivity index is 0.000000137. The first kappa shape index (κ1) is 14.1. The molecule has 0 heterocycles. The summed E-state index contributed by atoms with van der Waals surface area (Å²) in [6.45, 7) is 4.25. The molecular formula is C19H20O. The van der Waals surface area contributed by atoms with E-state index >= 15 is 0 Å². The van der Waals surface area contributed by atoms with Gasteiger partial charge in [0, 0.05) is 0 Å². The molecular weight excluding hydrogens is 244 g/mol. The van der Waals surface area contributed by atoms with Gasteiger partial charge in [-0.2, -0.15) is 0 Å². The van der Waals surface area contributed by atoms with Crippen molar-refractivity contribution in [2.24, 2.45) is 0 Å². The lowest BCUT2D eigenvalue weighted by atomic mass is 10.1. The summed E-state index contributed by atoms with van der Waals surface area (Å²) in [6.07, 6.45) is 1.25. The first-order valence-corrected chi connectivity index (χ1v) is 7.02. The lowest BCUT2D eigenvalue weighted by Gasteiger charge is -1.96. The quantitative estimate of drug-likeness (QED) is 0.436. The van der Waals surface area contributed by atoms with E-state index in [1.165, 1.54) is 17.5 Å². The van der Waals surface area contributed by atoms with Crippen LogP contribution in [0.1, 0.15) is 20.3 Å². The fourth-order valence-corrected chi connectivity index (χ4v) is 1.85. The molecule has 20 heavy (non-hydrogen) atoms. The molecule has 2 aromatic carbocycles. The third kappa shape index (κ3) is 3.86. The standard InChI is InChI=1S/C10H8O.C6H4.C3H8/c11-10-6-5-8-3-1-2-4-9(8)7-10;1-2-5-4-6(5)3-1;1-3-2/h1-7,11H;1-4H;3H2,1-2H3. The smallest absolute Gasteiger partial charge is 0.116 e. The van der Waals surface area contributed by atoms with Crippen LogP contribution in [-0.4, -0.2) is 5.11 Å². The average molecular weight is 264 g/mol. The van der Waals surface area contributed by atoms with Crippen molar-refractivity contribution in [1.82, 2.24) is 0 Å². The van der Waals surface area contributed by atoms with E-state index in [9.17, 15) is 0 Å². The lowest BCUT2D eigenvalue weighted by molar-refractivity contribution is 0.476. The van der Waals surface area contributed by atoms with Gasteiger partial charge in [0.2, 0.25) is 0 Å². The zero-order chi connectivity index (χ0) is 14.4. The van der Waals surface area contributed by atoms with Gasteiger partial charge in [0.25, 0.3) is 0 Å². The summed E-state index contributed by atoms with van der Waals surface area (Å²) in [5.74, 6) is 0.323. The minimum absolute atomic E-state index is 0.323. The summed E-state index contributed by atoms with van der Waals surface area (Å²) in [7, 11) is 0. The van der Waals surface area contributed by atoms with Crippen molar-refractivity contribution in [1.29, 1.82) is 0 Å². The van der Waals surface area contributed by atoms with Gasteiger partial charge in [-0.15, -0.1) is 0 Å². The second kappa shape index (κ2) is 6.76. The third-order valence-electron chi connectivity index (χ3n) is 2.85. The van der Waals surface area contributed by atoms with Crippen molar-refractivity contribution < 1.29 is 5.11 Å². The predicted octanol–water partition coefficient (Wildman–Crippen LogP) is 5.63. The molecule has 0 amide bonds. The number of phenolic OH excluding ortho intramolecular Hbond substituents is 1. The molecule has 2 aliphatic rings. The fraction of sp³-hybridized carbons (Fsp3) is 0.158. The molecule has 0 unspecified atom stereocenters. The van der Waals surface area contributed by atoms with Crippen molar-refractivity contribution in [3.05, 3.63) is 66.7 Å². The minimum Gasteiger partial charge on any atom is -0.508 e. The van der Waals surface area contributed by atoms with Gasteiger partial charge in [0.15, 0.2) is 0 Å². The summed E-state index contributed by atoms with van der Waals surface area (Å²) in [5, 5.41) is 11.4. The Labute approximate surface area is 120 Å². The third-order valence-corrected chi connectivity index (χ3v) is 2.85. The Kier molecular flexibility index (Phi) is 4.78. The van der Waals surface area contributed by atoms with Gasteiger partial charge in [0.05, 0.1) is 0 Å². The molecule has 4 rings (SSSR count). The highest BCUT2D eigenvalue weighted by Gasteiger charge is 2.06. The van der Waals surface area contributed by atoms with Gasteiger partial charge < -0.3 is 5.11 Å². The highest BCUT2D eigenvalue weighted by molar-refractivity contribution is 5.83. The largest absolute Gasteiger partial charge is 0.508 e. The highest BCUT2D eigenvalue weighted by atomic mass is 16.3. The topological polar surface area (TPSA) is 20.2 Å². The molecule has 0 aromatic heterocycles. The molecule has 0 fully saturated rings. The lowest BCUT2D eigenvalue weighted by Crippen LogP contribution is -1.69. The molecule has 0 saturated heterocycles. The Bertz CT molecular complexity index is 669. The van der Waals surface area contributed by atoms with E-state index in [2.05, 4.69) is 38.1 Å². The summed E-state index contributed by atoms with van der Waals surface area (Å²) in [6, 6.07) is 21.8. The van der Waals surface area contributed by atoms with Crippen LogP contribution in [0, 0.1) is 0 Å². The second-order valence-corrected chi connectivity index (χ2v) is 4.82. The first-order valence-electron chi connectivity index (χ1n) is 7.02. The minimum atomic E-state index is 0.323. The number of hydrogen-bond acceptors (Lipinski definition) is 1. The van der Waals surface area contributed by atoms with Crippen LogP contribution in [0.4, 0.5) is 0 Å². The van der Waals surface area contributed by atoms with Crippen molar-refractivity contribution in [2.45, 2.75) is 20.3 Å². The monoisotopic (exact) mass is 264 g/mol. The molecule has 0 atom stereocenters. The SMILES string of the molecule is CCC.Oc1ccc2ccccc2c1.c1cc2cc-2c1. The van der Waals surface area contributed by atoms with Crippen LogP contribution in [0.5, 0.6) is 5.75 Å². The number of phenols is 1. The van der Waals surface area contributed by atoms with Crippen LogP contribution in [0.2, 0.25) is 0 Å². The van der Waals surface area contributed by atoms with Crippen molar-refractivity contribution in [3.8, 4) is 16.9 Å². The number of hydrogen-bond donors (Lipinski definition) is 1. The number of rotatable bonds is 0. The average Bonchev–Trinajstić information content (AvgIpc) is 3.06. The number of benzene rings is 3. The van der Waals surface area contributed by atoms with Crippen LogP contribution in [0.15, 0.2) is 66.7 Å². The van der Waals surface area contributed by atoms with E-state index in [4.69, 9.17) is 5.11 Å². The zero-order valence-electron chi connectivity index (χ0n) is 12.0. The summed E-state index contributed by atoms with van der Waals surface area (Å²) < 4.78 is 0. The first-order chi connectivity index (χ1) is 9.74. The summed E-state index contributed by atoms with van der Waals surface area (Å²) >= 11 is 0. The number of aromatic hydroxyl groups is 1. The Morgan fingerprint density at radius 2 is 1.30 bits per heavy atom. The van der Waals surface area contributed by atoms with Gasteiger partial charge in [-0.05, 0) is 40.1 Å². The van der Waals surface area contributed by atoms with E-state index in [1.807, 2.05) is 30.3 Å². The molecule has 0 spiro atoms. The normalized spacial score (nSPS) is 9.90. The van der Waals surface area contributed by atoms with Gasteiger partial charge >= 0.3 is 0 Å². The molecule has 1 heteroatoms. The highest BCUT2D eigenvalue weighted by Crippen LogP contribution is 2.32. The molecule has 102 valence electrons. The van der Waals surface area contributed by atoms with E-state index in [1.54, 1.807) is 12.1 Å². The molecule has 2 aromatic rings. The van der Waals surface area contributed by atoms with Gasteiger partial charge in [-0.1, -0.05) is 68.8 Å². The Morgan fingerprint density at radius 1 is 0.700 bits per heavy atom. The predicted molar refractivity (Wildman–Crippen MR) is 87.0 cm³/mol. The molecule has 1 nitrogen and oxygen atoms in total. The van der Waals surface area contributed by atoms with E-state index in [0.717, 1.165) is 10.8 Å². The summed E-state index contributed by atoms with van der Waals surface area (Å²) in [5.41, 5.74) is 2.85. The van der Waals surface area contributed by atoms with Crippen LogP contribution >= 0.6 is 0 Å². The number of fused-ring (bicyclic) bond motifs is 2. The van der Waals surface area contributed by atoms with Crippen molar-refractivity contribution in [2.75, 3.05) is 0 Å². The maximum Gasteiger partial charge on any atom is 0.116 e. The van der Waals surface area contributed by atoms with Crippen LogP contribution in [0.25, 0.3) is 21.9 Å².